The summed E-state index contributed by atoms with van der Waals surface area (Å²) in [6, 6.07) is 3.53. The molecule has 7 heteroatoms. The van der Waals surface area contributed by atoms with Gasteiger partial charge in [0.05, 0.1) is 12.8 Å². The van der Waals surface area contributed by atoms with Crippen molar-refractivity contribution < 1.29 is 17.9 Å². The Balaban J connectivity index is 2.96. The number of sulfonamides is 1. The maximum absolute atomic E-state index is 12.6. The topological polar surface area (TPSA) is 89.7 Å². The average molecular weight is 314 g/mol. The van der Waals surface area contributed by atoms with E-state index in [0.717, 1.165) is 5.56 Å². The second-order valence-electron chi connectivity index (χ2n) is 4.95. The molecular weight excluding hydrogens is 292 g/mol. The van der Waals surface area contributed by atoms with Gasteiger partial charge in [-0.3, -0.25) is 4.79 Å². The number of aryl methyl sites for hydroxylation is 2. The van der Waals surface area contributed by atoms with Gasteiger partial charge in [-0.1, -0.05) is 12.1 Å². The molecule has 0 saturated carbocycles. The molecule has 0 spiro atoms. The molecule has 0 aliphatic carbocycles. The summed E-state index contributed by atoms with van der Waals surface area (Å²) in [6.07, 6.45) is 0.575. The van der Waals surface area contributed by atoms with Crippen molar-refractivity contribution in [3.8, 4) is 0 Å². The minimum atomic E-state index is -3.67. The number of hydrogen-bond acceptors (Lipinski definition) is 5. The van der Waals surface area contributed by atoms with Crippen LogP contribution in [0.3, 0.4) is 0 Å². The lowest BCUT2D eigenvalue weighted by molar-refractivity contribution is -0.140. The summed E-state index contributed by atoms with van der Waals surface area (Å²) in [4.78, 5) is 11.2. The van der Waals surface area contributed by atoms with E-state index in [4.69, 9.17) is 5.73 Å². The molecule has 0 atom stereocenters. The lowest BCUT2D eigenvalue weighted by Gasteiger charge is -2.20. The molecule has 21 heavy (non-hydrogen) atoms. The first-order valence-corrected chi connectivity index (χ1v) is 8.04. The smallest absolute Gasteiger partial charge is 0.305 e. The maximum atomic E-state index is 12.6. The monoisotopic (exact) mass is 314 g/mol. The summed E-state index contributed by atoms with van der Waals surface area (Å²) >= 11 is 0. The SMILES string of the molecule is COC(=O)CCCN(C)S(=O)(=O)c1c(C)ccc(C)c1N. The fourth-order valence-corrected chi connectivity index (χ4v) is 3.57. The van der Waals surface area contributed by atoms with Gasteiger partial charge in [-0.25, -0.2) is 12.7 Å². The van der Waals surface area contributed by atoms with Crippen LogP contribution in [-0.4, -0.2) is 39.4 Å². The van der Waals surface area contributed by atoms with Gasteiger partial charge in [-0.15, -0.1) is 0 Å². The molecule has 2 N–H and O–H groups in total. The third kappa shape index (κ3) is 3.95. The number of hydrogen-bond donors (Lipinski definition) is 1. The van der Waals surface area contributed by atoms with Crippen LogP contribution in [0.5, 0.6) is 0 Å². The summed E-state index contributed by atoms with van der Waals surface area (Å²) in [5.74, 6) is -0.355. The molecule has 0 heterocycles. The van der Waals surface area contributed by atoms with Crippen LogP contribution >= 0.6 is 0 Å². The van der Waals surface area contributed by atoms with Crippen molar-refractivity contribution in [2.75, 3.05) is 26.4 Å². The van der Waals surface area contributed by atoms with Crippen molar-refractivity contribution in [2.45, 2.75) is 31.6 Å². The number of benzene rings is 1. The number of nitrogen functional groups attached to an aromatic ring is 1. The number of carbonyl (C=O) groups is 1. The van der Waals surface area contributed by atoms with Crippen LogP contribution in [-0.2, 0) is 19.6 Å². The summed E-state index contributed by atoms with van der Waals surface area (Å²) in [5, 5.41) is 0. The lowest BCUT2D eigenvalue weighted by atomic mass is 10.1. The molecule has 1 aromatic carbocycles. The summed E-state index contributed by atoms with van der Waals surface area (Å²) in [7, 11) is -0.886. The van der Waals surface area contributed by atoms with Gasteiger partial charge in [0.15, 0.2) is 0 Å². The highest BCUT2D eigenvalue weighted by molar-refractivity contribution is 7.89. The molecule has 1 rings (SSSR count). The fraction of sp³-hybridized carbons (Fsp3) is 0.500. The number of anilines is 1. The molecule has 0 fully saturated rings. The van der Waals surface area contributed by atoms with E-state index in [1.54, 1.807) is 26.0 Å². The number of carbonyl (C=O) groups excluding carboxylic acids is 1. The zero-order valence-corrected chi connectivity index (χ0v) is 13.7. The third-order valence-corrected chi connectivity index (χ3v) is 5.42. The van der Waals surface area contributed by atoms with Crippen molar-refractivity contribution in [1.29, 1.82) is 0 Å². The first kappa shape index (κ1) is 17.5. The predicted molar refractivity (Wildman–Crippen MR) is 81.4 cm³/mol. The Bertz CT molecular complexity index is 626. The van der Waals surface area contributed by atoms with Gasteiger partial charge in [0.25, 0.3) is 0 Å². The van der Waals surface area contributed by atoms with Gasteiger partial charge in [0.1, 0.15) is 4.90 Å². The Morgan fingerprint density at radius 2 is 1.86 bits per heavy atom. The Labute approximate surface area is 125 Å². The molecule has 0 bridgehead atoms. The number of nitrogens with two attached hydrogens (primary N) is 1. The Kier molecular flexibility index (Phi) is 5.74. The van der Waals surface area contributed by atoms with Crippen LogP contribution in [0, 0.1) is 13.8 Å². The van der Waals surface area contributed by atoms with E-state index in [2.05, 4.69) is 4.74 Å². The van der Waals surface area contributed by atoms with Crippen LogP contribution in [0.4, 0.5) is 5.69 Å². The van der Waals surface area contributed by atoms with E-state index in [9.17, 15) is 13.2 Å². The maximum Gasteiger partial charge on any atom is 0.305 e. The molecule has 0 radical (unpaired) electrons. The van der Waals surface area contributed by atoms with Gasteiger partial charge < -0.3 is 10.5 Å². The van der Waals surface area contributed by atoms with Crippen molar-refractivity contribution in [3.63, 3.8) is 0 Å². The summed E-state index contributed by atoms with van der Waals surface area (Å²) in [5.41, 5.74) is 7.53. The molecule has 6 nitrogen and oxygen atoms in total. The Hall–Kier alpha value is -1.60. The molecule has 1 aromatic rings. The number of ether oxygens (including phenoxy) is 1. The first-order valence-electron chi connectivity index (χ1n) is 6.60. The Morgan fingerprint density at radius 3 is 2.43 bits per heavy atom. The fourth-order valence-electron chi connectivity index (χ4n) is 1.97. The highest BCUT2D eigenvalue weighted by Crippen LogP contribution is 2.28. The minimum Gasteiger partial charge on any atom is -0.469 e. The van der Waals surface area contributed by atoms with Gasteiger partial charge in [0.2, 0.25) is 10.0 Å². The van der Waals surface area contributed by atoms with Crippen LogP contribution in [0.25, 0.3) is 0 Å². The van der Waals surface area contributed by atoms with Crippen LogP contribution in [0.15, 0.2) is 17.0 Å². The first-order chi connectivity index (χ1) is 9.71. The van der Waals surface area contributed by atoms with Gasteiger partial charge >= 0.3 is 5.97 Å². The molecule has 0 unspecified atom stereocenters. The van der Waals surface area contributed by atoms with E-state index < -0.39 is 10.0 Å². The largest absolute Gasteiger partial charge is 0.469 e. The van der Waals surface area contributed by atoms with Crippen molar-refractivity contribution in [2.24, 2.45) is 0 Å². The molecule has 0 aliphatic heterocycles. The second kappa shape index (κ2) is 6.91. The zero-order valence-electron chi connectivity index (χ0n) is 12.8. The molecule has 0 amide bonds. The van der Waals surface area contributed by atoms with E-state index >= 15 is 0 Å². The number of esters is 1. The molecular formula is C14H22N2O4S. The van der Waals surface area contributed by atoms with Crippen molar-refractivity contribution in [3.05, 3.63) is 23.3 Å². The van der Waals surface area contributed by atoms with Gasteiger partial charge in [-0.2, -0.15) is 0 Å². The van der Waals surface area contributed by atoms with Crippen molar-refractivity contribution in [1.82, 2.24) is 4.31 Å². The summed E-state index contributed by atoms with van der Waals surface area (Å²) < 4.78 is 30.9. The molecule has 0 aromatic heterocycles. The zero-order chi connectivity index (χ0) is 16.2. The van der Waals surface area contributed by atoms with Crippen LogP contribution in [0.2, 0.25) is 0 Å². The Morgan fingerprint density at radius 1 is 1.29 bits per heavy atom. The second-order valence-corrected chi connectivity index (χ2v) is 6.93. The van der Waals surface area contributed by atoms with E-state index in [0.29, 0.717) is 12.0 Å². The van der Waals surface area contributed by atoms with E-state index in [-0.39, 0.29) is 29.5 Å². The average Bonchev–Trinajstić information content (AvgIpc) is 2.42. The number of nitrogens with zero attached hydrogens (tertiary/aromatic N) is 1. The van der Waals surface area contributed by atoms with Gasteiger partial charge in [-0.05, 0) is 31.4 Å². The predicted octanol–water partition coefficient (Wildman–Crippen LogP) is 1.46. The van der Waals surface area contributed by atoms with Crippen LogP contribution < -0.4 is 5.73 Å². The summed E-state index contributed by atoms with van der Waals surface area (Å²) in [6.45, 7) is 3.71. The lowest BCUT2D eigenvalue weighted by Crippen LogP contribution is -2.29. The highest BCUT2D eigenvalue weighted by Gasteiger charge is 2.25. The molecule has 118 valence electrons. The highest BCUT2D eigenvalue weighted by atomic mass is 32.2. The normalized spacial score (nSPS) is 11.7. The van der Waals surface area contributed by atoms with Gasteiger partial charge in [0, 0.05) is 20.0 Å². The standard InChI is InChI=1S/C14H22N2O4S/c1-10-7-8-11(2)14(13(10)15)21(18,19)16(3)9-5-6-12(17)20-4/h7-8H,5-6,9,15H2,1-4H3. The minimum absolute atomic E-state index is 0.142. The quantitative estimate of drug-likeness (QED) is 0.634. The number of rotatable bonds is 6. The van der Waals surface area contributed by atoms with E-state index in [1.807, 2.05) is 0 Å². The molecule has 0 aliphatic rings. The van der Waals surface area contributed by atoms with Crippen LogP contribution in [0.1, 0.15) is 24.0 Å². The number of methoxy groups -OCH3 is 1. The molecule has 0 saturated heterocycles. The third-order valence-electron chi connectivity index (χ3n) is 3.36. The van der Waals surface area contributed by atoms with Crippen molar-refractivity contribution >= 4 is 21.7 Å². The van der Waals surface area contributed by atoms with E-state index in [1.165, 1.54) is 18.5 Å².